The zero-order chi connectivity index (χ0) is 15.0. The van der Waals surface area contributed by atoms with E-state index in [4.69, 9.17) is 5.26 Å². The van der Waals surface area contributed by atoms with Crippen molar-refractivity contribution in [2.45, 2.75) is 39.7 Å². The highest BCUT2D eigenvalue weighted by Crippen LogP contribution is 2.04. The number of nitrogens with one attached hydrogen (secondary N) is 2. The monoisotopic (exact) mass is 276 g/mol. The van der Waals surface area contributed by atoms with Crippen molar-refractivity contribution in [3.63, 3.8) is 0 Å². The Morgan fingerprint density at radius 3 is 2.75 bits per heavy atom. The van der Waals surface area contributed by atoms with Crippen LogP contribution in [0.1, 0.15) is 49.7 Å². The first kappa shape index (κ1) is 16.3. The van der Waals surface area contributed by atoms with Gasteiger partial charge in [0.2, 0.25) is 0 Å². The first-order valence-electron chi connectivity index (χ1n) is 7.22. The second-order valence-electron chi connectivity index (χ2n) is 4.96. The molecule has 1 aromatic rings. The standard InChI is InChI=1S/C15H24N4O/c1-4-19(5-2)8-6-7-12(3)18-15(20)14-9-13(10-16)11-17-14/h9,11-12,17H,4-8H2,1-3H3,(H,18,20). The summed E-state index contributed by atoms with van der Waals surface area (Å²) in [5.41, 5.74) is 0.918. The lowest BCUT2D eigenvalue weighted by Crippen LogP contribution is -2.33. The average molecular weight is 276 g/mol. The fourth-order valence-corrected chi connectivity index (χ4v) is 2.12. The third-order valence-corrected chi connectivity index (χ3v) is 3.44. The normalized spacial score (nSPS) is 12.2. The van der Waals surface area contributed by atoms with E-state index in [2.05, 4.69) is 29.0 Å². The van der Waals surface area contributed by atoms with E-state index in [0.29, 0.717) is 11.3 Å². The number of carbonyl (C=O) groups is 1. The van der Waals surface area contributed by atoms with Crippen LogP contribution in [-0.4, -0.2) is 41.5 Å². The van der Waals surface area contributed by atoms with Crippen molar-refractivity contribution in [2.24, 2.45) is 0 Å². The van der Waals surface area contributed by atoms with Crippen molar-refractivity contribution in [2.75, 3.05) is 19.6 Å². The first-order chi connectivity index (χ1) is 9.60. The van der Waals surface area contributed by atoms with Gasteiger partial charge in [-0.2, -0.15) is 5.26 Å². The van der Waals surface area contributed by atoms with Crippen molar-refractivity contribution < 1.29 is 4.79 Å². The van der Waals surface area contributed by atoms with Crippen LogP contribution < -0.4 is 5.32 Å². The average Bonchev–Trinajstić information content (AvgIpc) is 2.92. The smallest absolute Gasteiger partial charge is 0.267 e. The van der Waals surface area contributed by atoms with Crippen LogP contribution in [0.5, 0.6) is 0 Å². The largest absolute Gasteiger partial charge is 0.356 e. The highest BCUT2D eigenvalue weighted by Gasteiger charge is 2.12. The number of carbonyl (C=O) groups excluding carboxylic acids is 1. The quantitative estimate of drug-likeness (QED) is 0.764. The maximum Gasteiger partial charge on any atom is 0.267 e. The molecule has 1 aromatic heterocycles. The zero-order valence-corrected chi connectivity index (χ0v) is 12.6. The summed E-state index contributed by atoms with van der Waals surface area (Å²) in [6.45, 7) is 9.52. The Morgan fingerprint density at radius 1 is 1.50 bits per heavy atom. The minimum Gasteiger partial charge on any atom is -0.356 e. The van der Waals surface area contributed by atoms with Gasteiger partial charge in [0.15, 0.2) is 0 Å². The van der Waals surface area contributed by atoms with E-state index >= 15 is 0 Å². The third kappa shape index (κ3) is 5.06. The predicted molar refractivity (Wildman–Crippen MR) is 79.5 cm³/mol. The van der Waals surface area contributed by atoms with Crippen LogP contribution in [0.25, 0.3) is 0 Å². The van der Waals surface area contributed by atoms with E-state index in [-0.39, 0.29) is 11.9 Å². The van der Waals surface area contributed by atoms with Crippen LogP contribution in [-0.2, 0) is 0 Å². The van der Waals surface area contributed by atoms with Gasteiger partial charge in [0.05, 0.1) is 5.56 Å². The summed E-state index contributed by atoms with van der Waals surface area (Å²) in [6.07, 6.45) is 3.56. The maximum absolute atomic E-state index is 11.9. The summed E-state index contributed by atoms with van der Waals surface area (Å²) in [5, 5.41) is 11.7. The molecule has 1 rings (SSSR count). The second kappa shape index (κ2) is 8.39. The zero-order valence-electron chi connectivity index (χ0n) is 12.6. The fraction of sp³-hybridized carbons (Fsp3) is 0.600. The summed E-state index contributed by atoms with van der Waals surface area (Å²) in [4.78, 5) is 17.1. The molecular formula is C15H24N4O. The molecule has 1 heterocycles. The summed E-state index contributed by atoms with van der Waals surface area (Å²) in [7, 11) is 0. The van der Waals surface area contributed by atoms with Gasteiger partial charge in [-0.15, -0.1) is 0 Å². The van der Waals surface area contributed by atoms with Gasteiger partial charge in [0, 0.05) is 12.2 Å². The van der Waals surface area contributed by atoms with Crippen LogP contribution in [0.3, 0.4) is 0 Å². The topological polar surface area (TPSA) is 71.9 Å². The van der Waals surface area contributed by atoms with Gasteiger partial charge in [-0.3, -0.25) is 4.79 Å². The maximum atomic E-state index is 11.9. The van der Waals surface area contributed by atoms with Crippen molar-refractivity contribution in [1.82, 2.24) is 15.2 Å². The molecule has 0 spiro atoms. The van der Waals surface area contributed by atoms with E-state index in [1.807, 2.05) is 13.0 Å². The fourth-order valence-electron chi connectivity index (χ4n) is 2.12. The molecule has 0 aliphatic carbocycles. The first-order valence-corrected chi connectivity index (χ1v) is 7.22. The molecule has 110 valence electrons. The number of aromatic nitrogens is 1. The van der Waals surface area contributed by atoms with Gasteiger partial charge in [-0.1, -0.05) is 13.8 Å². The molecule has 1 atom stereocenters. The summed E-state index contributed by atoms with van der Waals surface area (Å²) < 4.78 is 0. The Morgan fingerprint density at radius 2 is 2.20 bits per heavy atom. The minimum atomic E-state index is -0.151. The molecule has 2 N–H and O–H groups in total. The number of H-pyrrole nitrogens is 1. The van der Waals surface area contributed by atoms with E-state index in [0.717, 1.165) is 32.5 Å². The van der Waals surface area contributed by atoms with Gasteiger partial charge in [-0.25, -0.2) is 0 Å². The predicted octanol–water partition coefficient (Wildman–Crippen LogP) is 2.13. The molecule has 20 heavy (non-hydrogen) atoms. The Balaban J connectivity index is 2.33. The van der Waals surface area contributed by atoms with Crippen LogP contribution >= 0.6 is 0 Å². The Labute approximate surface area is 121 Å². The molecule has 0 saturated carbocycles. The Kier molecular flexibility index (Phi) is 6.82. The third-order valence-electron chi connectivity index (χ3n) is 3.44. The summed E-state index contributed by atoms with van der Waals surface area (Å²) >= 11 is 0. The molecule has 0 aliphatic rings. The summed E-state index contributed by atoms with van der Waals surface area (Å²) in [5.74, 6) is -0.151. The lowest BCUT2D eigenvalue weighted by Gasteiger charge is -2.19. The molecule has 0 radical (unpaired) electrons. The van der Waals surface area contributed by atoms with Crippen molar-refractivity contribution >= 4 is 5.91 Å². The van der Waals surface area contributed by atoms with Crippen molar-refractivity contribution in [1.29, 1.82) is 5.26 Å². The molecule has 0 saturated heterocycles. The highest BCUT2D eigenvalue weighted by molar-refractivity contribution is 5.92. The van der Waals surface area contributed by atoms with Crippen molar-refractivity contribution in [3.05, 3.63) is 23.5 Å². The van der Waals surface area contributed by atoms with Crippen LogP contribution in [0.2, 0.25) is 0 Å². The SMILES string of the molecule is CCN(CC)CCCC(C)NC(=O)c1cc(C#N)c[nH]1. The van der Waals surface area contributed by atoms with Gasteiger partial charge in [-0.05, 0) is 45.5 Å². The van der Waals surface area contributed by atoms with Crippen LogP contribution in [0.15, 0.2) is 12.3 Å². The summed E-state index contributed by atoms with van der Waals surface area (Å²) in [6, 6.07) is 3.70. The molecule has 0 fully saturated rings. The number of amides is 1. The Hall–Kier alpha value is -1.80. The van der Waals surface area contributed by atoms with Crippen molar-refractivity contribution in [3.8, 4) is 6.07 Å². The van der Waals surface area contributed by atoms with Gasteiger partial charge in [0.1, 0.15) is 11.8 Å². The lowest BCUT2D eigenvalue weighted by atomic mass is 10.1. The van der Waals surface area contributed by atoms with Gasteiger partial charge in [0.25, 0.3) is 5.91 Å². The lowest BCUT2D eigenvalue weighted by molar-refractivity contribution is 0.0933. The number of nitriles is 1. The number of aromatic amines is 1. The minimum absolute atomic E-state index is 0.131. The highest BCUT2D eigenvalue weighted by atomic mass is 16.1. The molecule has 0 aliphatic heterocycles. The number of hydrogen-bond donors (Lipinski definition) is 2. The molecule has 5 heteroatoms. The molecule has 1 unspecified atom stereocenters. The number of rotatable bonds is 8. The molecular weight excluding hydrogens is 252 g/mol. The van der Waals surface area contributed by atoms with E-state index in [1.54, 1.807) is 12.3 Å². The van der Waals surface area contributed by atoms with E-state index < -0.39 is 0 Å². The van der Waals surface area contributed by atoms with Crippen LogP contribution in [0, 0.1) is 11.3 Å². The van der Waals surface area contributed by atoms with E-state index in [1.165, 1.54) is 0 Å². The molecule has 0 bridgehead atoms. The molecule has 5 nitrogen and oxygen atoms in total. The molecule has 1 amide bonds. The van der Waals surface area contributed by atoms with Crippen LogP contribution in [0.4, 0.5) is 0 Å². The molecule has 0 aromatic carbocycles. The number of nitrogens with zero attached hydrogens (tertiary/aromatic N) is 2. The van der Waals surface area contributed by atoms with Gasteiger partial charge < -0.3 is 15.2 Å². The van der Waals surface area contributed by atoms with Gasteiger partial charge >= 0.3 is 0 Å². The second-order valence-corrected chi connectivity index (χ2v) is 4.96. The number of hydrogen-bond acceptors (Lipinski definition) is 3. The van der Waals surface area contributed by atoms with E-state index in [9.17, 15) is 4.79 Å². The Bertz CT molecular complexity index is 457.